The lowest BCUT2D eigenvalue weighted by Gasteiger charge is -2.33. The van der Waals surface area contributed by atoms with Crippen LogP contribution in [0.3, 0.4) is 0 Å². The van der Waals surface area contributed by atoms with Gasteiger partial charge in [-0.05, 0) is 26.7 Å². The van der Waals surface area contributed by atoms with Crippen LogP contribution < -0.4 is 4.57 Å². The molecule has 0 spiro atoms. The van der Waals surface area contributed by atoms with Crippen LogP contribution in [0.25, 0.3) is 0 Å². The van der Waals surface area contributed by atoms with Crippen molar-refractivity contribution < 1.29 is 14.2 Å². The van der Waals surface area contributed by atoms with Crippen LogP contribution in [0, 0.1) is 19.8 Å². The fourth-order valence-electron chi connectivity index (χ4n) is 3.50. The molecule has 0 aliphatic carbocycles. The van der Waals surface area contributed by atoms with Gasteiger partial charge < -0.3 is 0 Å². The van der Waals surface area contributed by atoms with Crippen molar-refractivity contribution in [3.8, 4) is 0 Å². The van der Waals surface area contributed by atoms with E-state index in [0.29, 0.717) is 11.8 Å². The summed E-state index contributed by atoms with van der Waals surface area (Å²) in [5, 5.41) is 0. The van der Waals surface area contributed by atoms with Crippen LogP contribution in [-0.4, -0.2) is 45.7 Å². The molecule has 1 unspecified atom stereocenters. The molecule has 1 aromatic rings. The Kier molecular flexibility index (Phi) is 4.05. The summed E-state index contributed by atoms with van der Waals surface area (Å²) in [7, 11) is 1.67. The molecular formula is C18H26N5O2+. The van der Waals surface area contributed by atoms with Crippen molar-refractivity contribution in [3.05, 3.63) is 23.5 Å². The molecule has 7 nitrogen and oxygen atoms in total. The molecule has 0 saturated carbocycles. The molecule has 2 aliphatic rings. The molecular weight excluding hydrogens is 318 g/mol. The smallest absolute Gasteiger partial charge is 0.270 e. The molecule has 1 atom stereocenters. The van der Waals surface area contributed by atoms with E-state index in [2.05, 4.69) is 30.0 Å². The summed E-state index contributed by atoms with van der Waals surface area (Å²) >= 11 is 0. The number of hydrogen-bond acceptors (Lipinski definition) is 3. The summed E-state index contributed by atoms with van der Waals surface area (Å²) in [6, 6.07) is -0.928. The number of hydrogen-bond donors (Lipinski definition) is 0. The van der Waals surface area contributed by atoms with Crippen molar-refractivity contribution in [2.75, 3.05) is 13.6 Å². The van der Waals surface area contributed by atoms with Gasteiger partial charge in [0.15, 0.2) is 0 Å². The summed E-state index contributed by atoms with van der Waals surface area (Å²) in [4.78, 5) is 33.1. The van der Waals surface area contributed by atoms with Crippen LogP contribution in [0.2, 0.25) is 0 Å². The van der Waals surface area contributed by atoms with Gasteiger partial charge in [-0.25, -0.2) is 13.9 Å². The number of aliphatic imine (C=N–C) groups is 1. The van der Waals surface area contributed by atoms with Gasteiger partial charge in [-0.3, -0.25) is 14.6 Å². The van der Waals surface area contributed by atoms with Gasteiger partial charge in [-0.15, -0.1) is 0 Å². The predicted octanol–water partition coefficient (Wildman–Crippen LogP) is 2.10. The molecule has 3 rings (SSSR count). The number of amidine groups is 1. The number of urea groups is 1. The second-order valence-corrected chi connectivity index (χ2v) is 7.44. The van der Waals surface area contributed by atoms with Crippen LogP contribution in [0.4, 0.5) is 10.7 Å². The van der Waals surface area contributed by atoms with E-state index in [-0.39, 0.29) is 18.5 Å². The Bertz CT molecular complexity index is 818. The largest absolute Gasteiger partial charge is 0.402 e. The molecule has 134 valence electrons. The summed E-state index contributed by atoms with van der Waals surface area (Å²) in [5.74, 6) is 1.46. The lowest BCUT2D eigenvalue weighted by Crippen LogP contribution is -2.58. The molecule has 1 saturated heterocycles. The second kappa shape index (κ2) is 5.82. The first-order valence-corrected chi connectivity index (χ1v) is 8.58. The van der Waals surface area contributed by atoms with Gasteiger partial charge in [0, 0.05) is 7.05 Å². The summed E-state index contributed by atoms with van der Waals surface area (Å²) in [6.07, 6.45) is 0. The average Bonchev–Trinajstić information content (AvgIpc) is 3.01. The molecule has 1 fully saturated rings. The van der Waals surface area contributed by atoms with Gasteiger partial charge in [0.1, 0.15) is 11.4 Å². The molecule has 3 amide bonds. The Balaban J connectivity index is 2.13. The third-order valence-corrected chi connectivity index (χ3v) is 4.80. The minimum absolute atomic E-state index is 0.229. The van der Waals surface area contributed by atoms with Crippen molar-refractivity contribution in [1.82, 2.24) is 14.4 Å². The minimum Gasteiger partial charge on any atom is -0.270 e. The van der Waals surface area contributed by atoms with Gasteiger partial charge >= 0.3 is 12.0 Å². The number of nitrogens with zero attached hydrogens (tertiary/aromatic N) is 5. The first-order valence-electron chi connectivity index (χ1n) is 8.58. The maximum atomic E-state index is 13.1. The molecule has 2 aliphatic heterocycles. The predicted molar refractivity (Wildman–Crippen MR) is 94.8 cm³/mol. The number of imide groups is 1. The quantitative estimate of drug-likeness (QED) is 0.620. The van der Waals surface area contributed by atoms with E-state index in [4.69, 9.17) is 0 Å². The Morgan fingerprint density at radius 2 is 1.96 bits per heavy atom. The highest BCUT2D eigenvalue weighted by atomic mass is 16.2. The van der Waals surface area contributed by atoms with Crippen LogP contribution >= 0.6 is 0 Å². The number of rotatable bonds is 4. The van der Waals surface area contributed by atoms with E-state index in [9.17, 15) is 9.59 Å². The van der Waals surface area contributed by atoms with Gasteiger partial charge in [-0.2, -0.15) is 0 Å². The number of carbonyl (C=O) groups excluding carboxylic acids is 2. The molecule has 0 aromatic carbocycles. The average molecular weight is 344 g/mol. The Labute approximate surface area is 148 Å². The number of imidazole rings is 1. The fraction of sp³-hybridized carbons (Fsp3) is 0.556. The maximum Gasteiger partial charge on any atom is 0.402 e. The number of carbonyl (C=O) groups is 2. The Morgan fingerprint density at radius 1 is 1.32 bits per heavy atom. The monoisotopic (exact) mass is 344 g/mol. The highest BCUT2D eigenvalue weighted by Crippen LogP contribution is 2.35. The topological polar surface area (TPSA) is 61.8 Å². The number of likely N-dealkylation sites (N-methyl/N-ethyl adjacent to an activating group) is 1. The van der Waals surface area contributed by atoms with Crippen LogP contribution in [-0.2, 0) is 11.3 Å². The standard InChI is InChI=1S/C18H26N5O2/c1-10(2)8-21-12(5)13(6)23-14-15(19-17(21)23)20(7)18(25)22(16(14)24)9-11(3)4/h10,14H,3,8-9H2,1-2,4-7H3/q+1. The lowest BCUT2D eigenvalue weighted by molar-refractivity contribution is -0.694. The van der Waals surface area contributed by atoms with Gasteiger partial charge in [0.25, 0.3) is 5.91 Å². The first kappa shape index (κ1) is 17.4. The van der Waals surface area contributed by atoms with E-state index < -0.39 is 6.04 Å². The van der Waals surface area contributed by atoms with Crippen LogP contribution in [0.1, 0.15) is 38.2 Å². The summed E-state index contributed by atoms with van der Waals surface area (Å²) in [6.45, 7) is 15.0. The molecule has 7 heteroatoms. The normalized spacial score (nSPS) is 19.5. The van der Waals surface area contributed by atoms with Crippen LogP contribution in [0.15, 0.2) is 17.1 Å². The van der Waals surface area contributed by atoms with E-state index in [0.717, 1.165) is 29.5 Å². The zero-order valence-electron chi connectivity index (χ0n) is 15.8. The highest BCUT2D eigenvalue weighted by Gasteiger charge is 2.54. The van der Waals surface area contributed by atoms with E-state index in [1.54, 1.807) is 7.05 Å². The molecule has 0 N–H and O–H groups in total. The molecule has 0 radical (unpaired) electrons. The van der Waals surface area contributed by atoms with Gasteiger partial charge in [0.05, 0.1) is 13.1 Å². The minimum atomic E-state index is -0.579. The molecule has 3 heterocycles. The molecule has 1 aromatic heterocycles. The zero-order chi connectivity index (χ0) is 18.6. The lowest BCUT2D eigenvalue weighted by atomic mass is 10.1. The van der Waals surface area contributed by atoms with Crippen molar-refractivity contribution in [1.29, 1.82) is 0 Å². The number of fused-ring (bicyclic) bond motifs is 3. The van der Waals surface area contributed by atoms with Crippen molar-refractivity contribution in [2.24, 2.45) is 10.9 Å². The Hall–Kier alpha value is -2.44. The van der Waals surface area contributed by atoms with Crippen molar-refractivity contribution in [2.45, 2.75) is 47.2 Å². The molecule has 0 bridgehead atoms. The van der Waals surface area contributed by atoms with E-state index in [1.165, 1.54) is 9.80 Å². The van der Waals surface area contributed by atoms with Gasteiger partial charge in [0.2, 0.25) is 11.9 Å². The van der Waals surface area contributed by atoms with Crippen molar-refractivity contribution in [3.63, 3.8) is 0 Å². The third-order valence-electron chi connectivity index (χ3n) is 4.80. The third kappa shape index (κ3) is 2.49. The summed E-state index contributed by atoms with van der Waals surface area (Å²) in [5.41, 5.74) is 2.88. The summed E-state index contributed by atoms with van der Waals surface area (Å²) < 4.78 is 4.10. The first-order chi connectivity index (χ1) is 11.6. The van der Waals surface area contributed by atoms with Gasteiger partial charge in [-0.1, -0.05) is 31.0 Å². The maximum absolute atomic E-state index is 13.1. The fourth-order valence-corrected chi connectivity index (χ4v) is 3.50. The highest BCUT2D eigenvalue weighted by molar-refractivity contribution is 6.20. The molecule has 25 heavy (non-hydrogen) atoms. The van der Waals surface area contributed by atoms with Crippen LogP contribution in [0.5, 0.6) is 0 Å². The van der Waals surface area contributed by atoms with Crippen molar-refractivity contribution >= 4 is 23.7 Å². The van der Waals surface area contributed by atoms with E-state index >= 15 is 0 Å². The Morgan fingerprint density at radius 3 is 2.52 bits per heavy atom. The number of amides is 3. The SMILES string of the molecule is C=C(C)CN1C(=O)C2C(=Nc3n2c(C)c(C)[n+]3CC(C)C)N(C)C1=O. The van der Waals surface area contributed by atoms with E-state index in [1.807, 2.05) is 25.3 Å². The number of aromatic nitrogens is 2. The second-order valence-electron chi connectivity index (χ2n) is 7.44. The zero-order valence-corrected chi connectivity index (χ0v) is 15.8.